The van der Waals surface area contributed by atoms with Crippen molar-refractivity contribution in [3.05, 3.63) is 47.4 Å². The van der Waals surface area contributed by atoms with Gasteiger partial charge < -0.3 is 4.90 Å². The van der Waals surface area contributed by atoms with Gasteiger partial charge in [0.05, 0.1) is 0 Å². The van der Waals surface area contributed by atoms with Crippen molar-refractivity contribution in [2.75, 3.05) is 13.1 Å². The lowest BCUT2D eigenvalue weighted by Crippen LogP contribution is -2.57. The quantitative estimate of drug-likeness (QED) is 0.676. The summed E-state index contributed by atoms with van der Waals surface area (Å²) in [6.45, 7) is 11.5. The Hall–Kier alpha value is -1.90. The molecular weight excluding hydrogens is 356 g/mol. The molecule has 0 N–H and O–H groups in total. The molecule has 1 aromatic heterocycles. The number of likely N-dealkylation sites (tertiary alicyclic amines) is 1. The van der Waals surface area contributed by atoms with Crippen LogP contribution < -0.4 is 0 Å². The SMILES string of the molecule is CCN1C[C@H]2[C@@H]3CC=C(c4cncc(C)c4)C3(C)CC[C@@H]2[C@@]2(C)CCC(=O)C=C12. The van der Waals surface area contributed by atoms with Crippen LogP contribution in [-0.4, -0.2) is 28.8 Å². The fourth-order valence-corrected chi connectivity index (χ4v) is 7.43. The highest BCUT2D eigenvalue weighted by Gasteiger charge is 2.58. The van der Waals surface area contributed by atoms with Gasteiger partial charge in [0, 0.05) is 49.1 Å². The summed E-state index contributed by atoms with van der Waals surface area (Å²) in [7, 11) is 0. The number of hydrogen-bond acceptors (Lipinski definition) is 3. The molecule has 2 fully saturated rings. The number of pyridine rings is 1. The Morgan fingerprint density at radius 3 is 2.76 bits per heavy atom. The second kappa shape index (κ2) is 6.55. The van der Waals surface area contributed by atoms with Gasteiger partial charge in [-0.25, -0.2) is 0 Å². The lowest BCUT2D eigenvalue weighted by molar-refractivity contribution is -0.118. The van der Waals surface area contributed by atoms with Gasteiger partial charge in [-0.05, 0) is 85.5 Å². The monoisotopic (exact) mass is 390 g/mol. The van der Waals surface area contributed by atoms with Crippen LogP contribution in [0, 0.1) is 35.5 Å². The van der Waals surface area contributed by atoms with Crippen molar-refractivity contribution >= 4 is 11.4 Å². The van der Waals surface area contributed by atoms with Crippen molar-refractivity contribution in [2.24, 2.45) is 28.6 Å². The zero-order chi connectivity index (χ0) is 20.4. The number of aryl methyl sites for hydroxylation is 1. The minimum Gasteiger partial charge on any atom is -0.374 e. The standard InChI is InChI=1S/C26H34N2O/c1-5-28-16-20-22-7-6-21(18-12-17(2)14-27-15-18)25(22,3)11-9-23(20)26(4)10-8-19(29)13-24(26)28/h6,12-15,20,22-23H,5,7-11,16H2,1-4H3/t20-,22-,23-,25?,26+/m0/s1. The van der Waals surface area contributed by atoms with Crippen LogP contribution in [0.3, 0.4) is 0 Å². The molecule has 1 saturated carbocycles. The van der Waals surface area contributed by atoms with Crippen molar-refractivity contribution < 1.29 is 4.79 Å². The minimum absolute atomic E-state index is 0.168. The van der Waals surface area contributed by atoms with E-state index in [1.807, 2.05) is 12.3 Å². The number of aromatic nitrogens is 1. The van der Waals surface area contributed by atoms with Crippen LogP contribution in [0.2, 0.25) is 0 Å². The maximum atomic E-state index is 12.2. The number of hydrogen-bond donors (Lipinski definition) is 0. The Balaban J connectivity index is 1.51. The van der Waals surface area contributed by atoms with Crippen molar-refractivity contribution in [2.45, 2.75) is 59.8 Å². The number of carbonyl (C=O) groups excluding carboxylic acids is 1. The first-order valence-corrected chi connectivity index (χ1v) is 11.5. The number of allylic oxidation sites excluding steroid dienone is 4. The number of ketones is 1. The van der Waals surface area contributed by atoms with E-state index >= 15 is 0 Å². The number of carbonyl (C=O) groups is 1. The second-order valence-corrected chi connectivity index (χ2v) is 10.4. The molecule has 5 rings (SSSR count). The second-order valence-electron chi connectivity index (χ2n) is 10.4. The minimum atomic E-state index is 0.168. The van der Waals surface area contributed by atoms with Crippen LogP contribution in [0.25, 0.3) is 5.57 Å². The van der Waals surface area contributed by atoms with Crippen LogP contribution in [0.5, 0.6) is 0 Å². The zero-order valence-electron chi connectivity index (χ0n) is 18.4. The van der Waals surface area contributed by atoms with E-state index in [1.165, 1.54) is 41.7 Å². The van der Waals surface area contributed by atoms with Crippen molar-refractivity contribution in [3.63, 3.8) is 0 Å². The third-order valence-electron chi connectivity index (χ3n) is 8.95. The molecule has 5 atom stereocenters. The van der Waals surface area contributed by atoms with Gasteiger partial charge in [-0.15, -0.1) is 0 Å². The van der Waals surface area contributed by atoms with Crippen LogP contribution in [0.4, 0.5) is 0 Å². The lowest BCUT2D eigenvalue weighted by atomic mass is 9.49. The van der Waals surface area contributed by atoms with Crippen molar-refractivity contribution in [1.82, 2.24) is 9.88 Å². The van der Waals surface area contributed by atoms with E-state index in [-0.39, 0.29) is 10.8 Å². The van der Waals surface area contributed by atoms with E-state index in [1.54, 1.807) is 0 Å². The predicted octanol–water partition coefficient (Wildman–Crippen LogP) is 5.41. The molecule has 0 radical (unpaired) electrons. The van der Waals surface area contributed by atoms with Crippen LogP contribution in [0.1, 0.15) is 64.0 Å². The topological polar surface area (TPSA) is 33.2 Å². The van der Waals surface area contributed by atoms with Gasteiger partial charge in [0.25, 0.3) is 0 Å². The van der Waals surface area contributed by atoms with Crippen LogP contribution in [-0.2, 0) is 4.79 Å². The van der Waals surface area contributed by atoms with E-state index in [0.717, 1.165) is 25.9 Å². The van der Waals surface area contributed by atoms with Crippen molar-refractivity contribution in [3.8, 4) is 0 Å². The van der Waals surface area contributed by atoms with Crippen LogP contribution in [0.15, 0.2) is 36.3 Å². The summed E-state index contributed by atoms with van der Waals surface area (Å²) in [6.07, 6.45) is 14.0. The van der Waals surface area contributed by atoms with Crippen molar-refractivity contribution in [1.29, 1.82) is 0 Å². The summed E-state index contributed by atoms with van der Waals surface area (Å²) in [5, 5.41) is 0. The maximum absolute atomic E-state index is 12.2. The summed E-state index contributed by atoms with van der Waals surface area (Å²) >= 11 is 0. The number of rotatable bonds is 2. The third kappa shape index (κ3) is 2.69. The molecule has 3 heteroatoms. The van der Waals surface area contributed by atoms with Gasteiger partial charge in [0.2, 0.25) is 0 Å². The Bertz CT molecular complexity index is 915. The normalized spacial score (nSPS) is 38.7. The summed E-state index contributed by atoms with van der Waals surface area (Å²) in [5.41, 5.74) is 5.86. The molecule has 3 aliphatic carbocycles. The first kappa shape index (κ1) is 19.1. The van der Waals surface area contributed by atoms with Gasteiger partial charge in [-0.3, -0.25) is 9.78 Å². The largest absolute Gasteiger partial charge is 0.374 e. The lowest BCUT2D eigenvalue weighted by Gasteiger charge is -2.60. The Labute approximate surface area is 175 Å². The molecule has 1 aliphatic heterocycles. The molecule has 0 aromatic carbocycles. The predicted molar refractivity (Wildman–Crippen MR) is 117 cm³/mol. The van der Waals surface area contributed by atoms with Crippen LogP contribution >= 0.6 is 0 Å². The molecule has 29 heavy (non-hydrogen) atoms. The van der Waals surface area contributed by atoms with E-state index in [2.05, 4.69) is 55.9 Å². The number of nitrogens with zero attached hydrogens (tertiary/aromatic N) is 2. The first-order valence-electron chi connectivity index (χ1n) is 11.5. The molecule has 1 saturated heterocycles. The van der Waals surface area contributed by atoms with Gasteiger partial charge in [-0.1, -0.05) is 19.9 Å². The highest BCUT2D eigenvalue weighted by Crippen LogP contribution is 2.65. The fourth-order valence-electron chi connectivity index (χ4n) is 7.43. The Kier molecular flexibility index (Phi) is 4.31. The van der Waals surface area contributed by atoms with Gasteiger partial charge in [0.1, 0.15) is 0 Å². The first-order chi connectivity index (χ1) is 13.9. The molecule has 0 bridgehead atoms. The molecule has 154 valence electrons. The van der Waals surface area contributed by atoms with Gasteiger partial charge in [0.15, 0.2) is 5.78 Å². The molecule has 4 aliphatic rings. The molecular formula is C26H34N2O. The average molecular weight is 391 g/mol. The summed E-state index contributed by atoms with van der Waals surface area (Å²) in [6, 6.07) is 2.31. The van der Waals surface area contributed by atoms with Gasteiger partial charge in [-0.2, -0.15) is 0 Å². The summed E-state index contributed by atoms with van der Waals surface area (Å²) < 4.78 is 0. The smallest absolute Gasteiger partial charge is 0.157 e. The zero-order valence-corrected chi connectivity index (χ0v) is 18.4. The molecule has 0 spiro atoms. The van der Waals surface area contributed by atoms with E-state index in [9.17, 15) is 4.79 Å². The van der Waals surface area contributed by atoms with E-state index in [0.29, 0.717) is 23.5 Å². The molecule has 1 aromatic rings. The fraction of sp³-hybridized carbons (Fsp3) is 0.615. The summed E-state index contributed by atoms with van der Waals surface area (Å²) in [4.78, 5) is 19.3. The highest BCUT2D eigenvalue weighted by atomic mass is 16.1. The Morgan fingerprint density at radius 2 is 2.00 bits per heavy atom. The molecule has 0 amide bonds. The molecule has 1 unspecified atom stereocenters. The highest BCUT2D eigenvalue weighted by molar-refractivity contribution is 5.91. The van der Waals surface area contributed by atoms with E-state index in [4.69, 9.17) is 0 Å². The number of fused-ring (bicyclic) bond motifs is 5. The summed E-state index contributed by atoms with van der Waals surface area (Å²) in [5.74, 6) is 2.43. The average Bonchev–Trinajstić information content (AvgIpc) is 3.05. The molecule has 3 nitrogen and oxygen atoms in total. The molecule has 2 heterocycles. The third-order valence-corrected chi connectivity index (χ3v) is 8.95. The Morgan fingerprint density at radius 1 is 1.17 bits per heavy atom. The number of piperidine rings is 1. The van der Waals surface area contributed by atoms with E-state index < -0.39 is 0 Å². The van der Waals surface area contributed by atoms with Gasteiger partial charge >= 0.3 is 0 Å². The maximum Gasteiger partial charge on any atom is 0.157 e.